The van der Waals surface area contributed by atoms with E-state index in [2.05, 4.69) is 170 Å². The Labute approximate surface area is 315 Å². The van der Waals surface area contributed by atoms with Crippen molar-refractivity contribution >= 4 is 51.1 Å². The highest BCUT2D eigenvalue weighted by Crippen LogP contribution is 2.46. The van der Waals surface area contributed by atoms with E-state index in [1.807, 2.05) is 0 Å². The minimum Gasteiger partial charge on any atom is -0.0810 e. The summed E-state index contributed by atoms with van der Waals surface area (Å²) < 4.78 is 0. The number of benzene rings is 4. The predicted molar refractivity (Wildman–Crippen MR) is 225 cm³/mol. The standard InChI is InChI=1S/C52H44Si/c1-5-41-25-33(1)29-49(41)37-9-17-45(18-10-37)53(46-19-11-38(12-20-46)50-30-34-2-6-42(50)26-34,47-21-13-39(14-22-47)51-31-35-3-7-43(51)27-35)48-23-15-40(16-24-48)52-32-36-4-8-44(52)28-36/h1-24,29-36,41-44H,25-28H2. The molecule has 8 aliphatic rings. The van der Waals surface area contributed by atoms with Crippen LogP contribution in [0.3, 0.4) is 0 Å². The van der Waals surface area contributed by atoms with Crippen LogP contribution in [-0.2, 0) is 0 Å². The molecule has 8 aliphatic carbocycles. The van der Waals surface area contributed by atoms with E-state index in [1.54, 1.807) is 0 Å². The van der Waals surface area contributed by atoms with Crippen molar-refractivity contribution in [1.82, 2.24) is 0 Å². The SMILES string of the molecule is C1=CC2CC1C=C2c1ccc([Si](c2ccc(C3=CC4C=CC3C4)cc2)(c2ccc(C3=CC4C=CC3C4)cc2)c2ccc(C3=CC4C=CC3C4)cc2)cc1. The van der Waals surface area contributed by atoms with Crippen molar-refractivity contribution in [2.75, 3.05) is 0 Å². The topological polar surface area (TPSA) is 0 Å². The van der Waals surface area contributed by atoms with Crippen molar-refractivity contribution in [3.05, 3.63) is 192 Å². The lowest BCUT2D eigenvalue weighted by Crippen LogP contribution is -2.74. The maximum Gasteiger partial charge on any atom is 0.179 e. The minimum atomic E-state index is -2.75. The summed E-state index contributed by atoms with van der Waals surface area (Å²) in [6, 6.07) is 39.6. The van der Waals surface area contributed by atoms with Crippen LogP contribution >= 0.6 is 0 Å². The molecular formula is C52H44Si. The summed E-state index contributed by atoms with van der Waals surface area (Å²) in [5.41, 5.74) is 11.6. The van der Waals surface area contributed by atoms with E-state index in [-0.39, 0.29) is 0 Å². The first-order valence-corrected chi connectivity index (χ1v) is 22.2. The number of rotatable bonds is 8. The van der Waals surface area contributed by atoms with Crippen molar-refractivity contribution in [3.8, 4) is 0 Å². The summed E-state index contributed by atoms with van der Waals surface area (Å²) in [5.74, 6) is 4.73. The highest BCUT2D eigenvalue weighted by molar-refractivity contribution is 7.19. The molecule has 0 N–H and O–H groups in total. The van der Waals surface area contributed by atoms with Crippen LogP contribution < -0.4 is 20.7 Å². The average molecular weight is 697 g/mol. The summed E-state index contributed by atoms with van der Waals surface area (Å²) in [5, 5.41) is 5.83. The lowest BCUT2D eigenvalue weighted by atomic mass is 9.95. The Morgan fingerprint density at radius 1 is 0.283 bits per heavy atom. The Morgan fingerprint density at radius 3 is 0.679 bits per heavy atom. The molecule has 12 rings (SSSR count). The fourth-order valence-electron chi connectivity index (χ4n) is 11.6. The molecule has 0 fully saturated rings. The zero-order chi connectivity index (χ0) is 34.7. The van der Waals surface area contributed by atoms with E-state index in [1.165, 1.54) is 91.0 Å². The first kappa shape index (κ1) is 30.5. The second-order valence-corrected chi connectivity index (χ2v) is 20.9. The van der Waals surface area contributed by atoms with Crippen LogP contribution in [-0.4, -0.2) is 8.07 Å². The second kappa shape index (κ2) is 11.5. The predicted octanol–water partition coefficient (Wildman–Crippen LogP) is 9.42. The van der Waals surface area contributed by atoms with Gasteiger partial charge in [0.25, 0.3) is 0 Å². The van der Waals surface area contributed by atoms with E-state index < -0.39 is 8.07 Å². The van der Waals surface area contributed by atoms with Crippen LogP contribution in [0.25, 0.3) is 22.3 Å². The lowest BCUT2D eigenvalue weighted by Gasteiger charge is -2.35. The molecule has 0 aromatic heterocycles. The summed E-state index contributed by atoms with van der Waals surface area (Å²) in [6.45, 7) is 0. The fraction of sp³-hybridized carbons (Fsp3) is 0.231. The summed E-state index contributed by atoms with van der Waals surface area (Å²) in [7, 11) is -2.75. The molecule has 8 bridgehead atoms. The Balaban J connectivity index is 1.02. The zero-order valence-electron chi connectivity index (χ0n) is 30.1. The van der Waals surface area contributed by atoms with E-state index >= 15 is 0 Å². The molecule has 1 heteroatoms. The number of hydrogen-bond donors (Lipinski definition) is 0. The molecule has 0 spiro atoms. The molecule has 0 heterocycles. The normalized spacial score (nSPS) is 31.4. The molecule has 0 saturated carbocycles. The third kappa shape index (κ3) is 4.66. The molecule has 53 heavy (non-hydrogen) atoms. The molecule has 4 aromatic rings. The number of hydrogen-bond acceptors (Lipinski definition) is 0. The lowest BCUT2D eigenvalue weighted by molar-refractivity contribution is 0.738. The summed E-state index contributed by atoms with van der Waals surface area (Å²) in [6.07, 6.45) is 34.3. The Bertz CT molecular complexity index is 2060. The number of allylic oxidation sites excluding steroid dienone is 16. The Morgan fingerprint density at radius 2 is 0.509 bits per heavy atom. The van der Waals surface area contributed by atoms with Gasteiger partial charge in [-0.15, -0.1) is 0 Å². The molecule has 0 aliphatic heterocycles. The molecule has 0 radical (unpaired) electrons. The molecule has 0 saturated heterocycles. The van der Waals surface area contributed by atoms with Gasteiger partial charge in [-0.2, -0.15) is 0 Å². The highest BCUT2D eigenvalue weighted by Gasteiger charge is 2.43. The Kier molecular flexibility index (Phi) is 6.62. The van der Waals surface area contributed by atoms with Crippen molar-refractivity contribution in [3.63, 3.8) is 0 Å². The molecule has 0 nitrogen and oxygen atoms in total. The van der Waals surface area contributed by atoms with Gasteiger partial charge in [-0.05, 0) is 115 Å². The van der Waals surface area contributed by atoms with Gasteiger partial charge in [0, 0.05) is 23.7 Å². The molecule has 8 atom stereocenters. The number of fused-ring (bicyclic) bond motifs is 8. The maximum absolute atomic E-state index is 2.75. The van der Waals surface area contributed by atoms with Gasteiger partial charge in [-0.3, -0.25) is 0 Å². The second-order valence-electron chi connectivity index (χ2n) is 17.1. The van der Waals surface area contributed by atoms with E-state index in [9.17, 15) is 0 Å². The van der Waals surface area contributed by atoms with Crippen LogP contribution in [0.2, 0.25) is 0 Å². The van der Waals surface area contributed by atoms with Gasteiger partial charge < -0.3 is 0 Å². The van der Waals surface area contributed by atoms with Gasteiger partial charge in [-0.25, -0.2) is 0 Å². The van der Waals surface area contributed by atoms with Crippen molar-refractivity contribution < 1.29 is 0 Å². The fourth-order valence-corrected chi connectivity index (χ4v) is 16.3. The highest BCUT2D eigenvalue weighted by atomic mass is 28.3. The van der Waals surface area contributed by atoms with Crippen molar-refractivity contribution in [2.45, 2.75) is 25.7 Å². The van der Waals surface area contributed by atoms with Gasteiger partial charge in [0.15, 0.2) is 8.07 Å². The van der Waals surface area contributed by atoms with Crippen molar-refractivity contribution in [2.24, 2.45) is 47.3 Å². The van der Waals surface area contributed by atoms with Crippen LogP contribution in [0.1, 0.15) is 47.9 Å². The van der Waals surface area contributed by atoms with E-state index in [0.717, 1.165) is 0 Å². The van der Waals surface area contributed by atoms with Gasteiger partial charge in [-0.1, -0.05) is 170 Å². The zero-order valence-corrected chi connectivity index (χ0v) is 31.1. The first-order valence-electron chi connectivity index (χ1n) is 20.2. The Hall–Kier alpha value is -4.98. The summed E-state index contributed by atoms with van der Waals surface area (Å²) in [4.78, 5) is 0. The molecule has 4 aromatic carbocycles. The van der Waals surface area contributed by atoms with Gasteiger partial charge in [0.1, 0.15) is 0 Å². The van der Waals surface area contributed by atoms with Gasteiger partial charge in [0.2, 0.25) is 0 Å². The summed E-state index contributed by atoms with van der Waals surface area (Å²) >= 11 is 0. The van der Waals surface area contributed by atoms with Crippen LogP contribution in [0.4, 0.5) is 0 Å². The largest absolute Gasteiger partial charge is 0.179 e. The van der Waals surface area contributed by atoms with E-state index in [4.69, 9.17) is 0 Å². The van der Waals surface area contributed by atoms with Crippen LogP contribution in [0.5, 0.6) is 0 Å². The van der Waals surface area contributed by atoms with Crippen molar-refractivity contribution in [1.29, 1.82) is 0 Å². The van der Waals surface area contributed by atoms with E-state index in [0.29, 0.717) is 47.3 Å². The first-order chi connectivity index (χ1) is 26.2. The quantitative estimate of drug-likeness (QED) is 0.0979. The average Bonchev–Trinajstić information content (AvgIpc) is 4.09. The third-order valence-corrected chi connectivity index (χ3v) is 19.0. The van der Waals surface area contributed by atoms with Crippen LogP contribution in [0.15, 0.2) is 170 Å². The van der Waals surface area contributed by atoms with Gasteiger partial charge >= 0.3 is 0 Å². The maximum atomic E-state index is 2.51. The monoisotopic (exact) mass is 696 g/mol. The molecule has 256 valence electrons. The smallest absolute Gasteiger partial charge is 0.0810 e. The molecular weight excluding hydrogens is 653 g/mol. The van der Waals surface area contributed by atoms with Gasteiger partial charge in [0.05, 0.1) is 0 Å². The molecule has 8 unspecified atom stereocenters. The van der Waals surface area contributed by atoms with Crippen LogP contribution in [0, 0.1) is 47.3 Å². The molecule has 0 amide bonds. The third-order valence-electron chi connectivity index (χ3n) is 14.2. The minimum absolute atomic E-state index is 0.570.